The molecule has 0 saturated carbocycles. The van der Waals surface area contributed by atoms with Crippen LogP contribution in [-0.2, 0) is 6.42 Å². The van der Waals surface area contributed by atoms with Gasteiger partial charge in [-0.15, -0.1) is 0 Å². The van der Waals surface area contributed by atoms with Gasteiger partial charge in [0.15, 0.2) is 11.5 Å². The molecule has 2 rings (SSSR count). The van der Waals surface area contributed by atoms with Crippen LogP contribution in [0.4, 0.5) is 0 Å². The number of hydrogen-bond acceptors (Lipinski definition) is 3. The largest absolute Gasteiger partial charge is 0.486 e. The van der Waals surface area contributed by atoms with Crippen molar-refractivity contribution in [3.05, 3.63) is 22.2 Å². The molecule has 0 fully saturated rings. The van der Waals surface area contributed by atoms with Gasteiger partial charge in [-0.25, -0.2) is 0 Å². The minimum atomic E-state index is 0.290. The van der Waals surface area contributed by atoms with E-state index < -0.39 is 0 Å². The molecule has 3 nitrogen and oxygen atoms in total. The van der Waals surface area contributed by atoms with E-state index in [4.69, 9.17) is 26.3 Å². The van der Waals surface area contributed by atoms with Crippen LogP contribution in [0.3, 0.4) is 0 Å². The number of fused-ring (bicyclic) bond motifs is 1. The van der Waals surface area contributed by atoms with Gasteiger partial charge in [-0.1, -0.05) is 11.6 Å². The van der Waals surface area contributed by atoms with E-state index in [0.717, 1.165) is 11.1 Å². The van der Waals surface area contributed by atoms with Crippen LogP contribution in [0.25, 0.3) is 0 Å². The summed E-state index contributed by atoms with van der Waals surface area (Å²) < 4.78 is 10.9. The summed E-state index contributed by atoms with van der Waals surface area (Å²) in [5, 5.41) is 9.36. The first-order valence-corrected chi connectivity index (χ1v) is 5.06. The molecule has 78 valence electrons. The first-order valence-electron chi connectivity index (χ1n) is 4.68. The molecule has 0 radical (unpaired) electrons. The predicted molar refractivity (Wildman–Crippen MR) is 56.5 cm³/mol. The SMILES string of the molecule is Cc1c(Cl)cc2c(c1CC#N)OCCO2. The fraction of sp³-hybridized carbons (Fsp3) is 0.364. The molecule has 15 heavy (non-hydrogen) atoms. The third-order valence-electron chi connectivity index (χ3n) is 2.41. The fourth-order valence-electron chi connectivity index (χ4n) is 1.60. The quantitative estimate of drug-likeness (QED) is 0.735. The molecule has 0 aromatic heterocycles. The van der Waals surface area contributed by atoms with E-state index in [1.54, 1.807) is 6.07 Å². The monoisotopic (exact) mass is 223 g/mol. The molecule has 1 aliphatic rings. The summed E-state index contributed by atoms with van der Waals surface area (Å²) in [7, 11) is 0. The van der Waals surface area contributed by atoms with Crippen LogP contribution in [0.1, 0.15) is 11.1 Å². The van der Waals surface area contributed by atoms with Crippen LogP contribution >= 0.6 is 11.6 Å². The number of halogens is 1. The first kappa shape index (κ1) is 10.1. The van der Waals surface area contributed by atoms with Gasteiger partial charge in [0, 0.05) is 16.7 Å². The third-order valence-corrected chi connectivity index (χ3v) is 2.80. The van der Waals surface area contributed by atoms with Gasteiger partial charge < -0.3 is 9.47 Å². The second-order valence-corrected chi connectivity index (χ2v) is 3.73. The summed E-state index contributed by atoms with van der Waals surface area (Å²) in [6, 6.07) is 3.85. The molecule has 0 bridgehead atoms. The van der Waals surface area contributed by atoms with Crippen LogP contribution in [0.15, 0.2) is 6.07 Å². The van der Waals surface area contributed by atoms with E-state index in [9.17, 15) is 0 Å². The highest BCUT2D eigenvalue weighted by molar-refractivity contribution is 6.31. The lowest BCUT2D eigenvalue weighted by molar-refractivity contribution is 0.170. The molecule has 0 aliphatic carbocycles. The lowest BCUT2D eigenvalue weighted by atomic mass is 10.0. The minimum absolute atomic E-state index is 0.290. The van der Waals surface area contributed by atoms with Gasteiger partial charge in [0.2, 0.25) is 0 Å². The van der Waals surface area contributed by atoms with E-state index in [1.807, 2.05) is 6.92 Å². The Labute approximate surface area is 93.2 Å². The normalized spacial score (nSPS) is 13.4. The van der Waals surface area contributed by atoms with Crippen molar-refractivity contribution in [2.24, 2.45) is 0 Å². The Kier molecular flexibility index (Phi) is 2.70. The zero-order chi connectivity index (χ0) is 10.8. The molecule has 4 heteroatoms. The molecule has 0 spiro atoms. The average Bonchev–Trinajstić information content (AvgIpc) is 2.25. The van der Waals surface area contributed by atoms with Crippen LogP contribution in [0, 0.1) is 18.3 Å². The number of nitriles is 1. The number of benzene rings is 1. The van der Waals surface area contributed by atoms with Crippen molar-refractivity contribution in [3.63, 3.8) is 0 Å². The number of ether oxygens (including phenoxy) is 2. The van der Waals surface area contributed by atoms with Crippen LogP contribution in [-0.4, -0.2) is 13.2 Å². The summed E-state index contributed by atoms with van der Waals surface area (Å²) in [6.07, 6.45) is 0.290. The summed E-state index contributed by atoms with van der Waals surface area (Å²) in [4.78, 5) is 0. The highest BCUT2D eigenvalue weighted by Crippen LogP contribution is 2.39. The maximum Gasteiger partial charge on any atom is 0.165 e. The lowest BCUT2D eigenvalue weighted by Crippen LogP contribution is -2.17. The van der Waals surface area contributed by atoms with Crippen molar-refractivity contribution in [1.29, 1.82) is 5.26 Å². The van der Waals surface area contributed by atoms with Crippen LogP contribution < -0.4 is 9.47 Å². The van der Waals surface area contributed by atoms with Gasteiger partial charge in [0.25, 0.3) is 0 Å². The zero-order valence-electron chi connectivity index (χ0n) is 8.34. The van der Waals surface area contributed by atoms with E-state index in [1.165, 1.54) is 0 Å². The third kappa shape index (κ3) is 1.73. The maximum atomic E-state index is 8.75. The van der Waals surface area contributed by atoms with E-state index >= 15 is 0 Å². The lowest BCUT2D eigenvalue weighted by Gasteiger charge is -2.22. The molecule has 1 aliphatic heterocycles. The van der Waals surface area contributed by atoms with Crippen molar-refractivity contribution >= 4 is 11.6 Å². The second-order valence-electron chi connectivity index (χ2n) is 3.32. The molecule has 0 amide bonds. The van der Waals surface area contributed by atoms with Crippen molar-refractivity contribution in [3.8, 4) is 17.6 Å². The number of rotatable bonds is 1. The summed E-state index contributed by atoms with van der Waals surface area (Å²) in [5.74, 6) is 1.31. The Morgan fingerprint density at radius 1 is 1.47 bits per heavy atom. The zero-order valence-corrected chi connectivity index (χ0v) is 9.10. The molecule has 0 atom stereocenters. The smallest absolute Gasteiger partial charge is 0.165 e. The Morgan fingerprint density at radius 3 is 2.93 bits per heavy atom. The van der Waals surface area contributed by atoms with Crippen molar-refractivity contribution in [2.45, 2.75) is 13.3 Å². The average molecular weight is 224 g/mol. The highest BCUT2D eigenvalue weighted by Gasteiger charge is 2.19. The van der Waals surface area contributed by atoms with Crippen molar-refractivity contribution < 1.29 is 9.47 Å². The Morgan fingerprint density at radius 2 is 2.20 bits per heavy atom. The summed E-state index contributed by atoms with van der Waals surface area (Å²) in [5.41, 5.74) is 1.72. The topological polar surface area (TPSA) is 42.2 Å². The number of nitrogens with zero attached hydrogens (tertiary/aromatic N) is 1. The van der Waals surface area contributed by atoms with Gasteiger partial charge in [-0.05, 0) is 12.5 Å². The predicted octanol–water partition coefficient (Wildman–Crippen LogP) is 2.49. The molecular formula is C11H10ClNO2. The minimum Gasteiger partial charge on any atom is -0.486 e. The maximum absolute atomic E-state index is 8.75. The molecule has 1 aromatic rings. The van der Waals surface area contributed by atoms with Gasteiger partial charge in [0.05, 0.1) is 12.5 Å². The van der Waals surface area contributed by atoms with Crippen molar-refractivity contribution in [1.82, 2.24) is 0 Å². The van der Waals surface area contributed by atoms with Crippen LogP contribution in [0.5, 0.6) is 11.5 Å². The van der Waals surface area contributed by atoms with E-state index in [-0.39, 0.29) is 6.42 Å². The summed E-state index contributed by atoms with van der Waals surface area (Å²) >= 11 is 6.04. The number of hydrogen-bond donors (Lipinski definition) is 0. The Bertz CT molecular complexity index is 437. The highest BCUT2D eigenvalue weighted by atomic mass is 35.5. The molecule has 1 heterocycles. The van der Waals surface area contributed by atoms with E-state index in [0.29, 0.717) is 29.7 Å². The fourth-order valence-corrected chi connectivity index (χ4v) is 1.82. The Hall–Kier alpha value is -1.40. The standard InChI is InChI=1S/C11H10ClNO2/c1-7-8(2-3-13)11-10(6-9(7)12)14-4-5-15-11/h6H,2,4-5H2,1H3. The Balaban J connectivity index is 2.58. The molecule has 1 aromatic carbocycles. The first-order chi connectivity index (χ1) is 7.24. The second kappa shape index (κ2) is 4.00. The van der Waals surface area contributed by atoms with Gasteiger partial charge >= 0.3 is 0 Å². The molecule has 0 unspecified atom stereocenters. The molecular weight excluding hydrogens is 214 g/mol. The van der Waals surface area contributed by atoms with Gasteiger partial charge in [-0.2, -0.15) is 5.26 Å². The molecule has 0 N–H and O–H groups in total. The molecule has 0 saturated heterocycles. The van der Waals surface area contributed by atoms with E-state index in [2.05, 4.69) is 6.07 Å². The van der Waals surface area contributed by atoms with Gasteiger partial charge in [0.1, 0.15) is 13.2 Å². The van der Waals surface area contributed by atoms with Gasteiger partial charge in [-0.3, -0.25) is 0 Å². The van der Waals surface area contributed by atoms with Crippen molar-refractivity contribution in [2.75, 3.05) is 13.2 Å². The summed E-state index contributed by atoms with van der Waals surface area (Å²) in [6.45, 7) is 2.93. The van der Waals surface area contributed by atoms with Crippen LogP contribution in [0.2, 0.25) is 5.02 Å².